The van der Waals surface area contributed by atoms with Gasteiger partial charge in [-0.25, -0.2) is 0 Å². The van der Waals surface area contributed by atoms with Crippen molar-refractivity contribution in [1.82, 2.24) is 0 Å². The average Bonchev–Trinajstić information content (AvgIpc) is 1.38. The van der Waals surface area contributed by atoms with Crippen LogP contribution < -0.4 is 0 Å². The molecule has 0 N–H and O–H groups in total. The molecule has 0 saturated carbocycles. The van der Waals surface area contributed by atoms with Gasteiger partial charge in [0.25, 0.3) is 0 Å². The molecular formula is C3H5Cl3. The number of hydrogen-bond acceptors (Lipinski definition) is 0. The molecule has 0 fully saturated rings. The Morgan fingerprint density at radius 3 is 1.67 bits per heavy atom. The maximum atomic E-state index is 5.11. The molecule has 0 atom stereocenters. The molecule has 3 heteroatoms. The lowest BCUT2D eigenvalue weighted by molar-refractivity contribution is 1.64. The highest BCUT2D eigenvalue weighted by Crippen LogP contribution is 1.99. The Bertz CT molecular complexity index is 33.0. The van der Waals surface area contributed by atoms with E-state index < -0.39 is 4.84 Å². The summed E-state index contributed by atoms with van der Waals surface area (Å²) in [7, 11) is 0. The van der Waals surface area contributed by atoms with Crippen LogP contribution >= 0.6 is 35.6 Å². The van der Waals surface area contributed by atoms with E-state index in [0.29, 0.717) is 0 Å². The number of halogens is 3. The number of allylic oxidation sites excluding steroid dienone is 1. The number of hydrogen-bond donors (Lipinski definition) is 0. The maximum Gasteiger partial charge on any atom is 0.125 e. The van der Waals surface area contributed by atoms with Crippen molar-refractivity contribution in [3.8, 4) is 0 Å². The summed E-state index contributed by atoms with van der Waals surface area (Å²) in [5, 5.41) is 0. The van der Waals surface area contributed by atoms with Gasteiger partial charge < -0.3 is 0 Å². The highest BCUT2D eigenvalue weighted by atomic mass is 35.5. The summed E-state index contributed by atoms with van der Waals surface area (Å²) in [5.74, 6) is 0. The summed E-state index contributed by atoms with van der Waals surface area (Å²) in [6, 6.07) is 0. The zero-order valence-electron chi connectivity index (χ0n) is 3.03. The van der Waals surface area contributed by atoms with Crippen molar-refractivity contribution in [3.05, 3.63) is 12.7 Å². The molecule has 0 rings (SSSR count). The Kier molecular flexibility index (Phi) is 9.15. The first kappa shape index (κ1) is 9.79. The molecule has 0 aliphatic carbocycles. The van der Waals surface area contributed by atoms with E-state index in [4.69, 9.17) is 23.2 Å². The van der Waals surface area contributed by atoms with Crippen molar-refractivity contribution in [1.29, 1.82) is 0 Å². The molecule has 0 radical (unpaired) electrons. The quantitative estimate of drug-likeness (QED) is 0.395. The molecule has 0 unspecified atom stereocenters. The Morgan fingerprint density at radius 1 is 1.50 bits per heavy atom. The fourth-order valence-electron chi connectivity index (χ4n) is 0. The van der Waals surface area contributed by atoms with E-state index in [1.165, 1.54) is 6.08 Å². The second kappa shape index (κ2) is 5.61. The standard InChI is InChI=1S/C3H4Cl2.ClH/c1-2-3(4)5;/h2-3H,1H2;1H. The van der Waals surface area contributed by atoms with Crippen LogP contribution in [0.5, 0.6) is 0 Å². The van der Waals surface area contributed by atoms with Gasteiger partial charge in [-0.1, -0.05) is 6.08 Å². The van der Waals surface area contributed by atoms with Gasteiger partial charge in [0.05, 0.1) is 0 Å². The van der Waals surface area contributed by atoms with Gasteiger partial charge >= 0.3 is 0 Å². The highest BCUT2D eigenvalue weighted by molar-refractivity contribution is 6.45. The topological polar surface area (TPSA) is 0 Å². The summed E-state index contributed by atoms with van der Waals surface area (Å²) in [5.41, 5.74) is 0. The molecule has 6 heavy (non-hydrogen) atoms. The van der Waals surface area contributed by atoms with Crippen LogP contribution in [0.1, 0.15) is 0 Å². The Labute approximate surface area is 53.5 Å². The Morgan fingerprint density at radius 2 is 1.67 bits per heavy atom. The predicted octanol–water partition coefficient (Wildman–Crippen LogP) is 2.40. The van der Waals surface area contributed by atoms with E-state index in [2.05, 4.69) is 6.58 Å². The number of alkyl halides is 2. The van der Waals surface area contributed by atoms with Gasteiger partial charge in [-0.2, -0.15) is 0 Å². The Hall–Kier alpha value is 0.610. The Balaban J connectivity index is 0. The average molecular weight is 147 g/mol. The largest absolute Gasteiger partial charge is 0.147 e. The molecule has 38 valence electrons. The zero-order valence-corrected chi connectivity index (χ0v) is 5.35. The molecule has 0 saturated heterocycles. The lowest BCUT2D eigenvalue weighted by atomic mass is 10.8. The van der Waals surface area contributed by atoms with Crippen molar-refractivity contribution >= 4 is 35.6 Å². The molecule has 0 aliphatic rings. The molecule has 0 nitrogen and oxygen atoms in total. The molecule has 0 aliphatic heterocycles. The first-order valence-corrected chi connectivity index (χ1v) is 2.05. The van der Waals surface area contributed by atoms with Crippen LogP contribution in [0.2, 0.25) is 0 Å². The molecular weight excluding hydrogens is 142 g/mol. The van der Waals surface area contributed by atoms with E-state index in [1.54, 1.807) is 0 Å². The third-order valence-electron chi connectivity index (χ3n) is 0.178. The van der Waals surface area contributed by atoms with Crippen LogP contribution in [-0.2, 0) is 0 Å². The highest BCUT2D eigenvalue weighted by Gasteiger charge is 1.80. The van der Waals surface area contributed by atoms with Gasteiger partial charge in [-0.05, 0) is 0 Å². The fraction of sp³-hybridized carbons (Fsp3) is 0.333. The van der Waals surface area contributed by atoms with Crippen molar-refractivity contribution in [2.75, 3.05) is 0 Å². The second-order valence-corrected chi connectivity index (χ2v) is 1.73. The van der Waals surface area contributed by atoms with Gasteiger partial charge in [0, 0.05) is 0 Å². The molecule has 0 aromatic carbocycles. The molecule has 0 heterocycles. The van der Waals surface area contributed by atoms with Crippen LogP contribution in [0.4, 0.5) is 0 Å². The minimum Gasteiger partial charge on any atom is -0.147 e. The number of rotatable bonds is 1. The SMILES string of the molecule is C=CC(Cl)Cl.Cl. The first-order chi connectivity index (χ1) is 2.27. The molecule has 0 amide bonds. The predicted molar refractivity (Wildman–Crippen MR) is 32.9 cm³/mol. The lowest BCUT2D eigenvalue weighted by Crippen LogP contribution is -1.68. The van der Waals surface area contributed by atoms with Gasteiger partial charge in [0.1, 0.15) is 4.84 Å². The van der Waals surface area contributed by atoms with Crippen LogP contribution in [0.25, 0.3) is 0 Å². The van der Waals surface area contributed by atoms with Crippen molar-refractivity contribution < 1.29 is 0 Å². The van der Waals surface area contributed by atoms with Crippen molar-refractivity contribution in [3.63, 3.8) is 0 Å². The van der Waals surface area contributed by atoms with E-state index in [0.717, 1.165) is 0 Å². The monoisotopic (exact) mass is 146 g/mol. The minimum absolute atomic E-state index is 0. The van der Waals surface area contributed by atoms with Gasteiger partial charge in [0.2, 0.25) is 0 Å². The normalized spacial score (nSPS) is 7.17. The van der Waals surface area contributed by atoms with Gasteiger partial charge in [-0.3, -0.25) is 0 Å². The summed E-state index contributed by atoms with van der Waals surface area (Å²) in [6.07, 6.45) is 1.45. The van der Waals surface area contributed by atoms with Crippen molar-refractivity contribution in [2.45, 2.75) is 4.84 Å². The van der Waals surface area contributed by atoms with Crippen LogP contribution in [-0.4, -0.2) is 4.84 Å². The van der Waals surface area contributed by atoms with Crippen LogP contribution in [0, 0.1) is 0 Å². The van der Waals surface area contributed by atoms with E-state index >= 15 is 0 Å². The van der Waals surface area contributed by atoms with Crippen LogP contribution in [0.15, 0.2) is 12.7 Å². The smallest absolute Gasteiger partial charge is 0.125 e. The van der Waals surface area contributed by atoms with Crippen molar-refractivity contribution in [2.24, 2.45) is 0 Å². The molecule has 0 aromatic heterocycles. The molecule has 0 bridgehead atoms. The maximum absolute atomic E-state index is 5.11. The summed E-state index contributed by atoms with van der Waals surface area (Å²) in [4.78, 5) is -0.407. The van der Waals surface area contributed by atoms with Gasteiger partial charge in [0.15, 0.2) is 0 Å². The molecule has 0 spiro atoms. The van der Waals surface area contributed by atoms with E-state index in [9.17, 15) is 0 Å². The summed E-state index contributed by atoms with van der Waals surface area (Å²) in [6.45, 7) is 3.30. The third kappa shape index (κ3) is 8.82. The zero-order chi connectivity index (χ0) is 4.28. The summed E-state index contributed by atoms with van der Waals surface area (Å²) < 4.78 is 0. The fourth-order valence-corrected chi connectivity index (χ4v) is 0. The molecule has 0 aromatic rings. The van der Waals surface area contributed by atoms with E-state index in [-0.39, 0.29) is 12.4 Å². The lowest BCUT2D eigenvalue weighted by Gasteiger charge is -1.77. The van der Waals surface area contributed by atoms with E-state index in [1.807, 2.05) is 0 Å². The first-order valence-electron chi connectivity index (χ1n) is 1.18. The minimum atomic E-state index is -0.407. The summed E-state index contributed by atoms with van der Waals surface area (Å²) >= 11 is 10.2. The van der Waals surface area contributed by atoms with Crippen LogP contribution in [0.3, 0.4) is 0 Å². The third-order valence-corrected chi connectivity index (χ3v) is 0.535. The second-order valence-electron chi connectivity index (χ2n) is 0.570. The van der Waals surface area contributed by atoms with Gasteiger partial charge in [-0.15, -0.1) is 42.2 Å².